The lowest BCUT2D eigenvalue weighted by atomic mass is 10.3. The lowest BCUT2D eigenvalue weighted by molar-refractivity contribution is 0.162. The van der Waals surface area contributed by atoms with Gasteiger partial charge in [-0.05, 0) is 36.4 Å². The van der Waals surface area contributed by atoms with Crippen LogP contribution in [0.25, 0.3) is 0 Å². The van der Waals surface area contributed by atoms with E-state index in [2.05, 4.69) is 16.0 Å². The van der Waals surface area contributed by atoms with Crippen molar-refractivity contribution < 1.29 is 14.3 Å². The monoisotopic (exact) mass is 435 g/mol. The summed E-state index contributed by atoms with van der Waals surface area (Å²) >= 11 is 23.3. The molecular formula is C16H13Cl4N3O3. The van der Waals surface area contributed by atoms with Gasteiger partial charge in [0.05, 0.1) is 26.6 Å². The molecule has 0 aliphatic rings. The van der Waals surface area contributed by atoms with Crippen LogP contribution >= 0.6 is 46.4 Å². The Labute approximate surface area is 169 Å². The number of rotatable bonds is 5. The van der Waals surface area contributed by atoms with Crippen molar-refractivity contribution in [3.63, 3.8) is 0 Å². The first-order chi connectivity index (χ1) is 12.3. The first-order valence-corrected chi connectivity index (χ1v) is 8.75. The van der Waals surface area contributed by atoms with Crippen molar-refractivity contribution >= 4 is 69.9 Å². The predicted octanol–water partition coefficient (Wildman–Crippen LogP) is 5.67. The van der Waals surface area contributed by atoms with Crippen LogP contribution in [0.4, 0.5) is 21.0 Å². The number of ether oxygens (including phenoxy) is 1. The second kappa shape index (κ2) is 9.73. The van der Waals surface area contributed by atoms with Gasteiger partial charge in [-0.1, -0.05) is 46.4 Å². The van der Waals surface area contributed by atoms with Gasteiger partial charge in [0, 0.05) is 11.4 Å². The molecule has 0 atom stereocenters. The molecule has 0 aliphatic heterocycles. The van der Waals surface area contributed by atoms with Crippen LogP contribution in [0.5, 0.6) is 0 Å². The van der Waals surface area contributed by atoms with E-state index in [4.69, 9.17) is 51.1 Å². The number of amides is 3. The Morgan fingerprint density at radius 2 is 1.35 bits per heavy atom. The van der Waals surface area contributed by atoms with Gasteiger partial charge in [0.2, 0.25) is 0 Å². The fourth-order valence-corrected chi connectivity index (χ4v) is 2.38. The van der Waals surface area contributed by atoms with E-state index in [1.807, 2.05) is 0 Å². The highest BCUT2D eigenvalue weighted by atomic mass is 35.5. The summed E-state index contributed by atoms with van der Waals surface area (Å²) in [7, 11) is 0. The minimum Gasteiger partial charge on any atom is -0.447 e. The lowest BCUT2D eigenvalue weighted by Crippen LogP contribution is -2.32. The van der Waals surface area contributed by atoms with Crippen LogP contribution in [0, 0.1) is 0 Å². The van der Waals surface area contributed by atoms with Crippen molar-refractivity contribution in [1.29, 1.82) is 0 Å². The van der Waals surface area contributed by atoms with E-state index in [9.17, 15) is 9.59 Å². The van der Waals surface area contributed by atoms with E-state index >= 15 is 0 Å². The van der Waals surface area contributed by atoms with Gasteiger partial charge in [0.15, 0.2) is 0 Å². The molecule has 26 heavy (non-hydrogen) atoms. The second-order valence-electron chi connectivity index (χ2n) is 4.90. The highest BCUT2D eigenvalue weighted by molar-refractivity contribution is 6.42. The summed E-state index contributed by atoms with van der Waals surface area (Å²) in [5, 5.41) is 9.00. The Morgan fingerprint density at radius 1 is 0.808 bits per heavy atom. The van der Waals surface area contributed by atoms with Gasteiger partial charge in [0.25, 0.3) is 0 Å². The van der Waals surface area contributed by atoms with Crippen LogP contribution in [0.15, 0.2) is 36.4 Å². The van der Waals surface area contributed by atoms with Gasteiger partial charge >= 0.3 is 12.1 Å². The summed E-state index contributed by atoms with van der Waals surface area (Å²) in [4.78, 5) is 23.4. The van der Waals surface area contributed by atoms with Crippen molar-refractivity contribution in [2.45, 2.75) is 0 Å². The van der Waals surface area contributed by atoms with Gasteiger partial charge in [-0.15, -0.1) is 0 Å². The third-order valence-electron chi connectivity index (χ3n) is 2.96. The van der Waals surface area contributed by atoms with Crippen molar-refractivity contribution in [3.8, 4) is 0 Å². The van der Waals surface area contributed by atoms with E-state index in [1.54, 1.807) is 24.3 Å². The number of carbonyl (C=O) groups is 2. The summed E-state index contributed by atoms with van der Waals surface area (Å²) < 4.78 is 4.94. The third kappa shape index (κ3) is 6.46. The van der Waals surface area contributed by atoms with E-state index in [1.165, 1.54) is 12.1 Å². The number of anilines is 2. The first-order valence-electron chi connectivity index (χ1n) is 7.24. The van der Waals surface area contributed by atoms with Gasteiger partial charge in [-0.25, -0.2) is 9.59 Å². The zero-order valence-electron chi connectivity index (χ0n) is 13.1. The third-order valence-corrected chi connectivity index (χ3v) is 4.44. The molecule has 10 heteroatoms. The number of nitrogens with one attached hydrogen (secondary N) is 3. The molecule has 0 bridgehead atoms. The van der Waals surface area contributed by atoms with Crippen LogP contribution < -0.4 is 16.0 Å². The zero-order chi connectivity index (χ0) is 19.1. The molecule has 0 radical (unpaired) electrons. The standard InChI is InChI=1S/C16H13Cl4N3O3/c17-11-3-1-9(7-13(11)19)22-15(24)21-5-6-26-16(25)23-10-2-4-12(18)14(20)8-10/h1-4,7-8H,5-6H2,(H,23,25)(H2,21,22,24). The molecule has 0 heterocycles. The molecular weight excluding hydrogens is 424 g/mol. The van der Waals surface area contributed by atoms with E-state index in [-0.39, 0.29) is 13.2 Å². The molecule has 2 rings (SSSR count). The highest BCUT2D eigenvalue weighted by Gasteiger charge is 2.07. The molecule has 3 N–H and O–H groups in total. The predicted molar refractivity (Wildman–Crippen MR) is 105 cm³/mol. The largest absolute Gasteiger partial charge is 0.447 e. The maximum atomic E-state index is 11.7. The smallest absolute Gasteiger partial charge is 0.411 e. The van der Waals surface area contributed by atoms with Gasteiger partial charge in [-0.2, -0.15) is 0 Å². The van der Waals surface area contributed by atoms with Crippen LogP contribution in [0.2, 0.25) is 20.1 Å². The number of halogens is 4. The van der Waals surface area contributed by atoms with E-state index in [0.29, 0.717) is 31.5 Å². The van der Waals surface area contributed by atoms with Gasteiger partial charge < -0.3 is 15.4 Å². The van der Waals surface area contributed by atoms with E-state index in [0.717, 1.165) is 0 Å². The molecule has 6 nitrogen and oxygen atoms in total. The highest BCUT2D eigenvalue weighted by Crippen LogP contribution is 2.25. The topological polar surface area (TPSA) is 79.5 Å². The fraction of sp³-hybridized carbons (Fsp3) is 0.125. The molecule has 3 amide bonds. The van der Waals surface area contributed by atoms with Gasteiger partial charge in [-0.3, -0.25) is 5.32 Å². The Bertz CT molecular complexity index is 750. The summed E-state index contributed by atoms with van der Waals surface area (Å²) in [6.45, 7) is 0.0872. The number of carbonyl (C=O) groups excluding carboxylic acids is 2. The molecule has 0 aromatic heterocycles. The first kappa shape index (κ1) is 20.5. The number of hydrogen-bond acceptors (Lipinski definition) is 3. The minimum absolute atomic E-state index is 0.0258. The summed E-state index contributed by atoms with van der Waals surface area (Å²) in [5.41, 5.74) is 0.921. The molecule has 0 aliphatic carbocycles. The van der Waals surface area contributed by atoms with Crippen LogP contribution in [-0.4, -0.2) is 25.3 Å². The Hall–Kier alpha value is -1.86. The zero-order valence-corrected chi connectivity index (χ0v) is 16.1. The quantitative estimate of drug-likeness (QED) is 0.528. The van der Waals surface area contributed by atoms with Crippen molar-refractivity contribution in [1.82, 2.24) is 5.32 Å². The van der Waals surface area contributed by atoms with Crippen LogP contribution in [-0.2, 0) is 4.74 Å². The average Bonchev–Trinajstić information content (AvgIpc) is 2.58. The minimum atomic E-state index is -0.685. The molecule has 2 aromatic carbocycles. The van der Waals surface area contributed by atoms with Gasteiger partial charge in [0.1, 0.15) is 6.61 Å². The molecule has 0 saturated carbocycles. The number of hydrogen-bond donors (Lipinski definition) is 3. The number of urea groups is 1. The Kier molecular flexibility index (Phi) is 7.66. The molecule has 0 unspecified atom stereocenters. The molecule has 138 valence electrons. The molecule has 0 fully saturated rings. The van der Waals surface area contributed by atoms with Crippen LogP contribution in [0.1, 0.15) is 0 Å². The molecule has 0 spiro atoms. The fourth-order valence-electron chi connectivity index (χ4n) is 1.79. The van der Waals surface area contributed by atoms with Crippen LogP contribution in [0.3, 0.4) is 0 Å². The molecule has 0 saturated heterocycles. The summed E-state index contributed by atoms with van der Waals surface area (Å²) in [6, 6.07) is 8.84. The number of benzene rings is 2. The Morgan fingerprint density at radius 3 is 1.88 bits per heavy atom. The summed E-state index contributed by atoms with van der Waals surface area (Å²) in [5.74, 6) is 0. The Balaban J connectivity index is 1.68. The van der Waals surface area contributed by atoms with Crippen molar-refractivity contribution in [2.24, 2.45) is 0 Å². The maximum Gasteiger partial charge on any atom is 0.411 e. The SMILES string of the molecule is O=C(NCCOC(=O)Nc1ccc(Cl)c(Cl)c1)Nc1ccc(Cl)c(Cl)c1. The molecule has 2 aromatic rings. The average molecular weight is 437 g/mol. The lowest BCUT2D eigenvalue weighted by Gasteiger charge is -2.10. The van der Waals surface area contributed by atoms with Crippen molar-refractivity contribution in [3.05, 3.63) is 56.5 Å². The second-order valence-corrected chi connectivity index (χ2v) is 6.53. The van der Waals surface area contributed by atoms with E-state index < -0.39 is 12.1 Å². The normalized spacial score (nSPS) is 10.2. The van der Waals surface area contributed by atoms with Crippen molar-refractivity contribution in [2.75, 3.05) is 23.8 Å². The maximum absolute atomic E-state index is 11.7. The summed E-state index contributed by atoms with van der Waals surface area (Å²) in [6.07, 6.45) is -0.685.